The molecule has 0 bridgehead atoms. The minimum atomic E-state index is 0.995. The summed E-state index contributed by atoms with van der Waals surface area (Å²) < 4.78 is 0. The molecule has 1 aromatic carbocycles. The summed E-state index contributed by atoms with van der Waals surface area (Å²) in [6.07, 6.45) is 5.39. The van der Waals surface area contributed by atoms with Gasteiger partial charge in [0.05, 0.1) is 5.69 Å². The number of benzene rings is 1. The third kappa shape index (κ3) is 2.55. The maximum Gasteiger partial charge on any atom is 0.0665 e. The van der Waals surface area contributed by atoms with Crippen molar-refractivity contribution in [2.24, 2.45) is 4.99 Å². The molecule has 17 heavy (non-hydrogen) atoms. The fraction of sp³-hybridized carbons (Fsp3) is 0.312. The monoisotopic (exact) mass is 225 g/mol. The molecular weight excluding hydrogens is 206 g/mol. The topological polar surface area (TPSA) is 12.4 Å². The lowest BCUT2D eigenvalue weighted by Crippen LogP contribution is -1.90. The van der Waals surface area contributed by atoms with Gasteiger partial charge in [-0.05, 0) is 56.5 Å². The molecule has 1 aliphatic heterocycles. The van der Waals surface area contributed by atoms with Crippen LogP contribution < -0.4 is 0 Å². The number of aliphatic imine (C=N–C) groups is 1. The van der Waals surface area contributed by atoms with Crippen molar-refractivity contribution in [3.63, 3.8) is 0 Å². The molecule has 1 heteroatoms. The van der Waals surface area contributed by atoms with Crippen molar-refractivity contribution in [2.45, 2.75) is 34.1 Å². The molecule has 1 heterocycles. The Labute approximate surface area is 104 Å². The van der Waals surface area contributed by atoms with Crippen LogP contribution in [0.1, 0.15) is 38.8 Å². The number of nitrogens with zero attached hydrogens (tertiary/aromatic N) is 1. The van der Waals surface area contributed by atoms with Crippen molar-refractivity contribution in [1.29, 1.82) is 0 Å². The largest absolute Gasteiger partial charge is 0.257 e. The lowest BCUT2D eigenvalue weighted by atomic mass is 9.99. The van der Waals surface area contributed by atoms with E-state index in [2.05, 4.69) is 63.0 Å². The zero-order valence-corrected chi connectivity index (χ0v) is 11.0. The number of fused-ring (bicyclic) bond motifs is 1. The molecule has 0 radical (unpaired) electrons. The maximum absolute atomic E-state index is 4.52. The summed E-state index contributed by atoms with van der Waals surface area (Å²) >= 11 is 0. The molecule has 1 nitrogen and oxygen atoms in total. The Bertz CT molecular complexity index is 526. The molecule has 1 aliphatic rings. The Morgan fingerprint density at radius 1 is 1.29 bits per heavy atom. The highest BCUT2D eigenvalue weighted by atomic mass is 14.8. The summed E-state index contributed by atoms with van der Waals surface area (Å²) in [6, 6.07) is 6.56. The number of hydrogen-bond donors (Lipinski definition) is 0. The molecule has 88 valence electrons. The van der Waals surface area contributed by atoms with Gasteiger partial charge in [0.2, 0.25) is 0 Å². The fourth-order valence-electron chi connectivity index (χ4n) is 2.18. The maximum atomic E-state index is 4.52. The van der Waals surface area contributed by atoms with Crippen LogP contribution in [0.4, 0.5) is 5.69 Å². The third-order valence-corrected chi connectivity index (χ3v) is 2.93. The lowest BCUT2D eigenvalue weighted by molar-refractivity contribution is 1.36. The van der Waals surface area contributed by atoms with Crippen LogP contribution >= 0.6 is 0 Å². The number of hydrogen-bond acceptors (Lipinski definition) is 1. The van der Waals surface area contributed by atoms with E-state index in [1.807, 2.05) is 0 Å². The van der Waals surface area contributed by atoms with Crippen LogP contribution in [0.5, 0.6) is 0 Å². The quantitative estimate of drug-likeness (QED) is 0.647. The third-order valence-electron chi connectivity index (χ3n) is 2.93. The molecule has 0 aliphatic carbocycles. The number of rotatable bonds is 2. The molecule has 0 aromatic heterocycles. The molecular formula is C16H19N. The molecule has 0 spiro atoms. The molecule has 0 fully saturated rings. The standard InChI is InChI=1S/C16H19N/c1-5-13(8-11(2)3)14-6-7-16-15(10-14)9-12(4)17-16/h5-8,10H,9H2,1-4H3/b13-5+. The molecule has 0 N–H and O–H groups in total. The first-order chi connectivity index (χ1) is 8.10. The van der Waals surface area contributed by atoms with Gasteiger partial charge in [0.15, 0.2) is 0 Å². The fourth-order valence-corrected chi connectivity index (χ4v) is 2.18. The van der Waals surface area contributed by atoms with Crippen LogP contribution in [0.2, 0.25) is 0 Å². The van der Waals surface area contributed by atoms with E-state index in [-0.39, 0.29) is 0 Å². The molecule has 0 saturated heterocycles. The van der Waals surface area contributed by atoms with E-state index in [1.165, 1.54) is 28.0 Å². The van der Waals surface area contributed by atoms with Crippen molar-refractivity contribution < 1.29 is 0 Å². The van der Waals surface area contributed by atoms with Crippen molar-refractivity contribution in [1.82, 2.24) is 0 Å². The van der Waals surface area contributed by atoms with Crippen LogP contribution in [-0.4, -0.2) is 5.71 Å². The van der Waals surface area contributed by atoms with Crippen LogP contribution in [0.3, 0.4) is 0 Å². The summed E-state index contributed by atoms with van der Waals surface area (Å²) in [7, 11) is 0. The first-order valence-corrected chi connectivity index (χ1v) is 6.09. The van der Waals surface area contributed by atoms with Gasteiger partial charge in [0.1, 0.15) is 0 Å². The summed E-state index contributed by atoms with van der Waals surface area (Å²) in [6.45, 7) is 8.43. The van der Waals surface area contributed by atoms with E-state index in [0.717, 1.165) is 12.1 Å². The number of allylic oxidation sites excluding steroid dienone is 4. The van der Waals surface area contributed by atoms with Gasteiger partial charge < -0.3 is 0 Å². The predicted molar refractivity (Wildman–Crippen MR) is 76.0 cm³/mol. The van der Waals surface area contributed by atoms with Crippen molar-refractivity contribution in [3.05, 3.63) is 47.1 Å². The van der Waals surface area contributed by atoms with Crippen LogP contribution in [0.15, 0.2) is 40.9 Å². The van der Waals surface area contributed by atoms with E-state index >= 15 is 0 Å². The van der Waals surface area contributed by atoms with E-state index in [9.17, 15) is 0 Å². The highest BCUT2D eigenvalue weighted by Crippen LogP contribution is 2.30. The Hall–Kier alpha value is -1.63. The second-order valence-corrected chi connectivity index (χ2v) is 4.83. The summed E-state index contributed by atoms with van der Waals surface area (Å²) in [5, 5.41) is 0. The zero-order chi connectivity index (χ0) is 12.4. The predicted octanol–water partition coefficient (Wildman–Crippen LogP) is 4.70. The van der Waals surface area contributed by atoms with Gasteiger partial charge in [0.25, 0.3) is 0 Å². The summed E-state index contributed by atoms with van der Waals surface area (Å²) in [5.74, 6) is 0. The van der Waals surface area contributed by atoms with Gasteiger partial charge in [-0.15, -0.1) is 0 Å². The average Bonchev–Trinajstić information content (AvgIpc) is 2.64. The molecule has 1 aromatic rings. The Morgan fingerprint density at radius 2 is 2.06 bits per heavy atom. The molecule has 0 saturated carbocycles. The first-order valence-electron chi connectivity index (χ1n) is 6.09. The van der Waals surface area contributed by atoms with Crippen molar-refractivity contribution >= 4 is 17.0 Å². The molecule has 0 amide bonds. The second kappa shape index (κ2) is 4.70. The smallest absolute Gasteiger partial charge is 0.0665 e. The Balaban J connectivity index is 2.38. The second-order valence-electron chi connectivity index (χ2n) is 4.83. The Kier molecular flexibility index (Phi) is 3.28. The lowest BCUT2D eigenvalue weighted by Gasteiger charge is -2.06. The SMILES string of the molecule is C/C=C(\C=C(C)C)c1ccc2c(c1)CC(C)=N2. The van der Waals surface area contributed by atoms with E-state index in [0.29, 0.717) is 0 Å². The molecule has 2 rings (SSSR count). The van der Waals surface area contributed by atoms with Crippen LogP contribution in [0, 0.1) is 0 Å². The van der Waals surface area contributed by atoms with Gasteiger partial charge in [-0.3, -0.25) is 4.99 Å². The van der Waals surface area contributed by atoms with Gasteiger partial charge in [-0.25, -0.2) is 0 Å². The zero-order valence-electron chi connectivity index (χ0n) is 11.0. The molecule has 0 atom stereocenters. The normalized spacial score (nSPS) is 14.4. The van der Waals surface area contributed by atoms with Gasteiger partial charge in [-0.1, -0.05) is 23.8 Å². The van der Waals surface area contributed by atoms with Gasteiger partial charge in [0, 0.05) is 12.1 Å². The minimum Gasteiger partial charge on any atom is -0.257 e. The Morgan fingerprint density at radius 3 is 2.71 bits per heavy atom. The highest BCUT2D eigenvalue weighted by molar-refractivity contribution is 5.92. The highest BCUT2D eigenvalue weighted by Gasteiger charge is 2.12. The van der Waals surface area contributed by atoms with Crippen LogP contribution in [0.25, 0.3) is 5.57 Å². The molecule has 0 unspecified atom stereocenters. The first kappa shape index (κ1) is 11.8. The van der Waals surface area contributed by atoms with E-state index in [4.69, 9.17) is 0 Å². The average molecular weight is 225 g/mol. The van der Waals surface area contributed by atoms with Crippen molar-refractivity contribution in [2.75, 3.05) is 0 Å². The van der Waals surface area contributed by atoms with E-state index < -0.39 is 0 Å². The minimum absolute atomic E-state index is 0.995. The van der Waals surface area contributed by atoms with Crippen LogP contribution in [-0.2, 0) is 6.42 Å². The summed E-state index contributed by atoms with van der Waals surface area (Å²) in [4.78, 5) is 4.52. The van der Waals surface area contributed by atoms with Gasteiger partial charge >= 0.3 is 0 Å². The van der Waals surface area contributed by atoms with E-state index in [1.54, 1.807) is 0 Å². The van der Waals surface area contributed by atoms with Gasteiger partial charge in [-0.2, -0.15) is 0 Å². The van der Waals surface area contributed by atoms with Crippen molar-refractivity contribution in [3.8, 4) is 0 Å². The summed E-state index contributed by atoms with van der Waals surface area (Å²) in [5.41, 5.74) is 7.60.